The van der Waals surface area contributed by atoms with E-state index in [1.807, 2.05) is 0 Å². The molecule has 0 saturated heterocycles. The molecule has 0 radical (unpaired) electrons. The van der Waals surface area contributed by atoms with Crippen molar-refractivity contribution in [2.24, 2.45) is 0 Å². The fraction of sp³-hybridized carbons (Fsp3) is 0.0833. The number of benzene rings is 1. The summed E-state index contributed by atoms with van der Waals surface area (Å²) in [5.41, 5.74) is -0.275. The molecular weight excluding hydrogens is 273 g/mol. The summed E-state index contributed by atoms with van der Waals surface area (Å²) in [5, 5.41) is 8.93. The number of carbonyl (C=O) groups excluding carboxylic acids is 1. The first-order valence-electron chi connectivity index (χ1n) is 5.12. The Bertz CT molecular complexity index is 653. The highest BCUT2D eigenvalue weighted by Crippen LogP contribution is 2.32. The lowest BCUT2D eigenvalue weighted by Gasteiger charge is -1.99. The smallest absolute Gasteiger partial charge is 0.367 e. The number of thiazole rings is 1. The van der Waals surface area contributed by atoms with Crippen LogP contribution in [0.5, 0.6) is 0 Å². The number of aromatic carboxylic acids is 1. The maximum atomic E-state index is 13.7. The average Bonchev–Trinajstić information content (AvgIpc) is 2.83. The second kappa shape index (κ2) is 5.15. The Morgan fingerprint density at radius 3 is 2.63 bits per heavy atom. The summed E-state index contributed by atoms with van der Waals surface area (Å²) in [6.45, 7) is 0. The first kappa shape index (κ1) is 13.2. The van der Waals surface area contributed by atoms with E-state index in [4.69, 9.17) is 5.11 Å². The average molecular weight is 281 g/mol. The predicted molar refractivity (Wildman–Crippen MR) is 65.8 cm³/mol. The Labute approximate surface area is 111 Å². The number of carboxylic acid groups (broad SMARTS) is 1. The van der Waals surface area contributed by atoms with Gasteiger partial charge in [-0.05, 0) is 6.07 Å². The number of hydrogen-bond acceptors (Lipinski definition) is 5. The van der Waals surface area contributed by atoms with Crippen LogP contribution in [0.4, 0.5) is 4.39 Å². The Morgan fingerprint density at radius 1 is 1.37 bits per heavy atom. The Balaban J connectivity index is 2.62. The molecule has 0 unspecified atom stereocenters. The maximum absolute atomic E-state index is 13.7. The van der Waals surface area contributed by atoms with Gasteiger partial charge in [0.25, 0.3) is 0 Å². The van der Waals surface area contributed by atoms with Crippen LogP contribution in [0, 0.1) is 5.82 Å². The molecule has 2 aromatic rings. The molecule has 19 heavy (non-hydrogen) atoms. The predicted octanol–water partition coefficient (Wildman–Crippen LogP) is 2.43. The van der Waals surface area contributed by atoms with Crippen molar-refractivity contribution < 1.29 is 23.8 Å². The van der Waals surface area contributed by atoms with E-state index in [0.29, 0.717) is 0 Å². The minimum absolute atomic E-state index is 0.0889. The van der Waals surface area contributed by atoms with E-state index in [1.165, 1.54) is 18.2 Å². The number of aromatic nitrogens is 1. The van der Waals surface area contributed by atoms with Crippen LogP contribution in [0.25, 0.3) is 10.4 Å². The van der Waals surface area contributed by atoms with Crippen LogP contribution in [0.1, 0.15) is 20.3 Å². The first-order chi connectivity index (χ1) is 9.04. The van der Waals surface area contributed by atoms with Gasteiger partial charge in [-0.3, -0.25) is 0 Å². The van der Waals surface area contributed by atoms with Crippen molar-refractivity contribution in [1.29, 1.82) is 0 Å². The second-order valence-electron chi connectivity index (χ2n) is 3.47. The topological polar surface area (TPSA) is 76.5 Å². The molecule has 0 aliphatic heterocycles. The summed E-state index contributed by atoms with van der Waals surface area (Å²) in [4.78, 5) is 26.2. The molecule has 0 spiro atoms. The number of methoxy groups -OCH3 is 1. The molecule has 0 fully saturated rings. The van der Waals surface area contributed by atoms with Gasteiger partial charge in [0.05, 0.1) is 12.0 Å². The van der Waals surface area contributed by atoms with Crippen molar-refractivity contribution in [3.05, 3.63) is 40.8 Å². The molecule has 0 aliphatic rings. The zero-order valence-corrected chi connectivity index (χ0v) is 10.5. The van der Waals surface area contributed by atoms with Crippen molar-refractivity contribution in [3.8, 4) is 10.4 Å². The van der Waals surface area contributed by atoms with Gasteiger partial charge in [0.15, 0.2) is 5.69 Å². The first-order valence-corrected chi connectivity index (χ1v) is 5.93. The number of carboxylic acids is 1. The van der Waals surface area contributed by atoms with Crippen molar-refractivity contribution in [3.63, 3.8) is 0 Å². The number of carbonyl (C=O) groups is 2. The molecule has 98 valence electrons. The summed E-state index contributed by atoms with van der Waals surface area (Å²) in [7, 11) is 1.16. The standard InChI is InChI=1S/C12H8FNO4S/c1-18-12(17)10-14-8(11(15)16)9(19-10)6-4-2-3-5-7(6)13/h2-5H,1H3,(H,15,16). The Kier molecular flexibility index (Phi) is 3.57. The third-order valence-corrected chi connectivity index (χ3v) is 3.38. The molecule has 0 bridgehead atoms. The Morgan fingerprint density at radius 2 is 2.05 bits per heavy atom. The highest BCUT2D eigenvalue weighted by Gasteiger charge is 2.24. The molecule has 0 atom stereocenters. The molecule has 0 amide bonds. The third kappa shape index (κ3) is 2.45. The minimum Gasteiger partial charge on any atom is -0.476 e. The SMILES string of the molecule is COC(=O)c1nc(C(=O)O)c(-c2ccccc2F)s1. The van der Waals surface area contributed by atoms with E-state index in [-0.39, 0.29) is 21.1 Å². The molecule has 0 aliphatic carbocycles. The normalized spacial score (nSPS) is 10.2. The van der Waals surface area contributed by atoms with Crippen LogP contribution in [0.2, 0.25) is 0 Å². The Hall–Kier alpha value is -2.28. The molecule has 2 rings (SSSR count). The lowest BCUT2D eigenvalue weighted by molar-refractivity contribution is 0.0600. The molecule has 1 heterocycles. The van der Waals surface area contributed by atoms with Gasteiger partial charge in [0.2, 0.25) is 5.01 Å². The van der Waals surface area contributed by atoms with Crippen LogP contribution < -0.4 is 0 Å². The van der Waals surface area contributed by atoms with Crippen LogP contribution in [0.15, 0.2) is 24.3 Å². The largest absolute Gasteiger partial charge is 0.476 e. The third-order valence-electron chi connectivity index (χ3n) is 2.31. The molecule has 1 aromatic heterocycles. The summed E-state index contributed by atoms with van der Waals surface area (Å²) in [6, 6.07) is 5.69. The summed E-state index contributed by atoms with van der Waals surface area (Å²) < 4.78 is 18.2. The van der Waals surface area contributed by atoms with E-state index in [2.05, 4.69) is 9.72 Å². The number of hydrogen-bond donors (Lipinski definition) is 1. The zero-order valence-electron chi connectivity index (χ0n) is 9.71. The van der Waals surface area contributed by atoms with Gasteiger partial charge in [-0.25, -0.2) is 19.0 Å². The molecular formula is C12H8FNO4S. The van der Waals surface area contributed by atoms with Crippen molar-refractivity contribution >= 4 is 23.3 Å². The van der Waals surface area contributed by atoms with E-state index in [0.717, 1.165) is 18.4 Å². The van der Waals surface area contributed by atoms with Gasteiger partial charge in [0, 0.05) is 5.56 Å². The second-order valence-corrected chi connectivity index (χ2v) is 4.47. The quantitative estimate of drug-likeness (QED) is 0.874. The maximum Gasteiger partial charge on any atom is 0.367 e. The summed E-state index contributed by atoms with van der Waals surface area (Å²) >= 11 is 0.781. The van der Waals surface area contributed by atoms with Gasteiger partial charge < -0.3 is 9.84 Å². The van der Waals surface area contributed by atoms with Crippen molar-refractivity contribution in [2.45, 2.75) is 0 Å². The molecule has 1 aromatic carbocycles. The van der Waals surface area contributed by atoms with E-state index in [1.54, 1.807) is 6.07 Å². The van der Waals surface area contributed by atoms with Gasteiger partial charge in [-0.15, -0.1) is 11.3 Å². The highest BCUT2D eigenvalue weighted by molar-refractivity contribution is 7.17. The van der Waals surface area contributed by atoms with Gasteiger partial charge in [0.1, 0.15) is 5.82 Å². The monoisotopic (exact) mass is 281 g/mol. The van der Waals surface area contributed by atoms with Gasteiger partial charge in [-0.1, -0.05) is 18.2 Å². The van der Waals surface area contributed by atoms with E-state index in [9.17, 15) is 14.0 Å². The highest BCUT2D eigenvalue weighted by atomic mass is 32.1. The minimum atomic E-state index is -1.33. The lowest BCUT2D eigenvalue weighted by atomic mass is 10.1. The van der Waals surface area contributed by atoms with Crippen LogP contribution in [0.3, 0.4) is 0 Å². The van der Waals surface area contributed by atoms with Crippen LogP contribution >= 0.6 is 11.3 Å². The van der Waals surface area contributed by atoms with Gasteiger partial charge >= 0.3 is 11.9 Å². The molecule has 5 nitrogen and oxygen atoms in total. The van der Waals surface area contributed by atoms with Crippen molar-refractivity contribution in [1.82, 2.24) is 4.98 Å². The van der Waals surface area contributed by atoms with E-state index < -0.39 is 17.8 Å². The zero-order chi connectivity index (χ0) is 14.0. The molecule has 0 saturated carbocycles. The van der Waals surface area contributed by atoms with Crippen LogP contribution in [-0.4, -0.2) is 29.1 Å². The molecule has 7 heteroatoms. The number of ether oxygens (including phenoxy) is 1. The number of rotatable bonds is 3. The lowest BCUT2D eigenvalue weighted by Crippen LogP contribution is -2.03. The number of nitrogens with zero attached hydrogens (tertiary/aromatic N) is 1. The number of halogens is 1. The summed E-state index contributed by atoms with van der Waals surface area (Å²) in [6.07, 6.45) is 0. The fourth-order valence-electron chi connectivity index (χ4n) is 1.47. The van der Waals surface area contributed by atoms with Crippen LogP contribution in [-0.2, 0) is 4.74 Å². The van der Waals surface area contributed by atoms with Crippen molar-refractivity contribution in [2.75, 3.05) is 7.11 Å². The number of esters is 1. The van der Waals surface area contributed by atoms with Gasteiger partial charge in [-0.2, -0.15) is 0 Å². The fourth-order valence-corrected chi connectivity index (χ4v) is 2.47. The molecule has 1 N–H and O–H groups in total. The van der Waals surface area contributed by atoms with E-state index >= 15 is 0 Å². The summed E-state index contributed by atoms with van der Waals surface area (Å²) in [5.74, 6) is -2.66.